The molecule has 2 fully saturated rings. The highest BCUT2D eigenvalue weighted by Crippen LogP contribution is 2.33. The van der Waals surface area contributed by atoms with Gasteiger partial charge in [0, 0.05) is 53.9 Å². The number of pyridine rings is 2. The van der Waals surface area contributed by atoms with Gasteiger partial charge in [-0.25, -0.2) is 4.52 Å². The van der Waals surface area contributed by atoms with Gasteiger partial charge in [-0.2, -0.15) is 23.3 Å². The maximum Gasteiger partial charge on any atom is 0.433 e. The van der Waals surface area contributed by atoms with Gasteiger partial charge in [0.2, 0.25) is 5.95 Å². The van der Waals surface area contributed by atoms with Gasteiger partial charge in [-0.3, -0.25) is 14.6 Å². The molecule has 2 aliphatic rings. The minimum Gasteiger partial charge on any atom is -0.378 e. The summed E-state index contributed by atoms with van der Waals surface area (Å²) < 4.78 is 47.8. The van der Waals surface area contributed by atoms with Gasteiger partial charge in [0.25, 0.3) is 0 Å². The molecule has 35 heavy (non-hydrogen) atoms. The van der Waals surface area contributed by atoms with E-state index in [-0.39, 0.29) is 5.95 Å². The van der Waals surface area contributed by atoms with Crippen molar-refractivity contribution in [2.24, 2.45) is 0 Å². The minimum absolute atomic E-state index is 0.0718. The Kier molecular flexibility index (Phi) is 5.22. The maximum absolute atomic E-state index is 13.0. The van der Waals surface area contributed by atoms with E-state index in [1.54, 1.807) is 12.4 Å². The first kappa shape index (κ1) is 22.0. The highest BCUT2D eigenvalue weighted by atomic mass is 19.4. The molecule has 2 aliphatic heterocycles. The number of aromatic nitrogens is 6. The molecule has 6 heterocycles. The molecule has 0 saturated carbocycles. The topological polar surface area (TPSA) is 99.4 Å². The van der Waals surface area contributed by atoms with Gasteiger partial charge in [0.15, 0.2) is 5.65 Å². The fourth-order valence-corrected chi connectivity index (χ4v) is 4.73. The number of likely N-dealkylation sites (tertiary alicyclic amines) is 1. The summed E-state index contributed by atoms with van der Waals surface area (Å²) in [4.78, 5) is 10.3. The molecule has 2 N–H and O–H groups in total. The molecule has 0 amide bonds. The van der Waals surface area contributed by atoms with E-state index in [0.717, 1.165) is 56.3 Å². The Bertz CT molecular complexity index is 1350. The van der Waals surface area contributed by atoms with E-state index in [4.69, 9.17) is 10.5 Å². The van der Waals surface area contributed by atoms with Crippen LogP contribution in [0, 0.1) is 0 Å². The lowest BCUT2D eigenvalue weighted by Gasteiger charge is -2.41. The number of fused-ring (bicyclic) bond motifs is 1. The van der Waals surface area contributed by atoms with E-state index in [1.807, 2.05) is 16.9 Å². The second kappa shape index (κ2) is 8.31. The number of rotatable bonds is 4. The van der Waals surface area contributed by atoms with Crippen molar-refractivity contribution in [2.75, 3.05) is 32.0 Å². The van der Waals surface area contributed by atoms with Crippen molar-refractivity contribution < 1.29 is 17.9 Å². The monoisotopic (exact) mass is 484 g/mol. The minimum atomic E-state index is -4.51. The van der Waals surface area contributed by atoms with Crippen LogP contribution in [0.4, 0.5) is 19.1 Å². The zero-order valence-corrected chi connectivity index (χ0v) is 18.7. The molecule has 0 aromatic carbocycles. The quantitative estimate of drug-likeness (QED) is 0.475. The van der Waals surface area contributed by atoms with Crippen LogP contribution in [0.2, 0.25) is 0 Å². The Morgan fingerprint density at radius 3 is 2.43 bits per heavy atom. The molecule has 4 aromatic heterocycles. The summed E-state index contributed by atoms with van der Waals surface area (Å²) in [5.41, 5.74) is 8.04. The molecule has 2 saturated heterocycles. The third-order valence-electron chi connectivity index (χ3n) is 6.76. The van der Waals surface area contributed by atoms with Gasteiger partial charge in [-0.15, -0.1) is 5.10 Å². The molecule has 182 valence electrons. The van der Waals surface area contributed by atoms with Crippen LogP contribution in [0.5, 0.6) is 0 Å². The Morgan fingerprint density at radius 2 is 1.77 bits per heavy atom. The lowest BCUT2D eigenvalue weighted by Crippen LogP contribution is -2.51. The van der Waals surface area contributed by atoms with E-state index in [9.17, 15) is 13.2 Å². The van der Waals surface area contributed by atoms with Crippen LogP contribution in [0.25, 0.3) is 27.9 Å². The third-order valence-corrected chi connectivity index (χ3v) is 6.76. The van der Waals surface area contributed by atoms with Gasteiger partial charge in [-0.05, 0) is 25.0 Å². The summed E-state index contributed by atoms with van der Waals surface area (Å²) in [5, 5.41) is 8.83. The number of ether oxygens (including phenoxy) is 1. The molecule has 0 atom stereocenters. The molecule has 4 aromatic rings. The largest absolute Gasteiger partial charge is 0.433 e. The first-order chi connectivity index (χ1) is 16.8. The van der Waals surface area contributed by atoms with E-state index < -0.39 is 11.9 Å². The van der Waals surface area contributed by atoms with Gasteiger partial charge in [0.05, 0.1) is 31.5 Å². The van der Waals surface area contributed by atoms with E-state index in [1.165, 1.54) is 16.8 Å². The van der Waals surface area contributed by atoms with Crippen LogP contribution < -0.4 is 5.73 Å². The molecule has 0 unspecified atom stereocenters. The molecule has 12 heteroatoms. The number of nitrogen functional groups attached to an aromatic ring is 1. The van der Waals surface area contributed by atoms with Gasteiger partial charge in [0.1, 0.15) is 5.69 Å². The van der Waals surface area contributed by atoms with Crippen molar-refractivity contribution >= 4 is 11.6 Å². The fraction of sp³-hybridized carbons (Fsp3) is 0.391. The van der Waals surface area contributed by atoms with Crippen molar-refractivity contribution in [1.82, 2.24) is 34.3 Å². The van der Waals surface area contributed by atoms with Crippen LogP contribution in [0.1, 0.15) is 24.6 Å². The van der Waals surface area contributed by atoms with Crippen molar-refractivity contribution in [3.8, 4) is 22.3 Å². The number of hydrogen-bond acceptors (Lipinski definition) is 7. The number of hydrogen-bond donors (Lipinski definition) is 1. The molecule has 0 spiro atoms. The van der Waals surface area contributed by atoms with Gasteiger partial charge in [-0.1, -0.05) is 6.07 Å². The van der Waals surface area contributed by atoms with Crippen LogP contribution in [0.3, 0.4) is 0 Å². The van der Waals surface area contributed by atoms with Crippen molar-refractivity contribution in [3.05, 3.63) is 48.7 Å². The van der Waals surface area contributed by atoms with Gasteiger partial charge >= 0.3 is 6.18 Å². The summed E-state index contributed by atoms with van der Waals surface area (Å²) in [6, 6.07) is 5.05. The smallest absolute Gasteiger partial charge is 0.378 e. The number of nitrogens with two attached hydrogens (primary N) is 1. The first-order valence-electron chi connectivity index (χ1n) is 11.4. The molecular weight excluding hydrogens is 461 g/mol. The lowest BCUT2D eigenvalue weighted by molar-refractivity contribution is -0.141. The van der Waals surface area contributed by atoms with Crippen LogP contribution >= 0.6 is 0 Å². The Hall–Kier alpha value is -3.51. The van der Waals surface area contributed by atoms with E-state index >= 15 is 0 Å². The standard InChI is InChI=1S/C23H23F3N8O/c24-23(25,26)20-2-1-14(8-28-20)19-7-15(10-34-21(19)30-22(27)31-34)16-9-29-33(11-16)17-3-5-32(6-4-17)18-12-35-13-18/h1-2,7-11,17-18H,3-6,12-13H2,(H2,27,31). The van der Waals surface area contributed by atoms with Crippen molar-refractivity contribution in [1.29, 1.82) is 0 Å². The van der Waals surface area contributed by atoms with Crippen LogP contribution in [0.15, 0.2) is 43.0 Å². The first-order valence-corrected chi connectivity index (χ1v) is 11.4. The number of anilines is 1. The maximum atomic E-state index is 13.0. The van der Waals surface area contributed by atoms with Crippen LogP contribution in [-0.4, -0.2) is 66.6 Å². The zero-order valence-electron chi connectivity index (χ0n) is 18.7. The molecule has 0 bridgehead atoms. The number of piperidine rings is 1. The number of nitrogens with zero attached hydrogens (tertiary/aromatic N) is 7. The van der Waals surface area contributed by atoms with Crippen molar-refractivity contribution in [2.45, 2.75) is 31.1 Å². The Balaban J connectivity index is 1.30. The summed E-state index contributed by atoms with van der Waals surface area (Å²) in [7, 11) is 0. The van der Waals surface area contributed by atoms with E-state index in [2.05, 4.69) is 25.1 Å². The molecule has 6 rings (SSSR count). The highest BCUT2D eigenvalue weighted by molar-refractivity contribution is 5.82. The molecule has 0 aliphatic carbocycles. The average Bonchev–Trinajstić information content (AvgIpc) is 3.43. The molecular formula is C23H23F3N8O. The Labute approximate surface area is 198 Å². The normalized spacial score (nSPS) is 18.3. The predicted molar refractivity (Wildman–Crippen MR) is 121 cm³/mol. The summed E-state index contributed by atoms with van der Waals surface area (Å²) in [6.45, 7) is 3.68. The molecule has 9 nitrogen and oxygen atoms in total. The molecule has 0 radical (unpaired) electrons. The third kappa shape index (κ3) is 4.12. The lowest BCUT2D eigenvalue weighted by atomic mass is 10.0. The average molecular weight is 484 g/mol. The van der Waals surface area contributed by atoms with Crippen LogP contribution in [-0.2, 0) is 10.9 Å². The summed E-state index contributed by atoms with van der Waals surface area (Å²) in [6.07, 6.45) is 4.30. The summed E-state index contributed by atoms with van der Waals surface area (Å²) in [5.74, 6) is 0.0718. The SMILES string of the molecule is Nc1nc2c(-c3ccc(C(F)(F)F)nc3)cc(-c3cnn(C4CCN(C5COC5)CC4)c3)cn2n1. The van der Waals surface area contributed by atoms with E-state index in [0.29, 0.717) is 28.9 Å². The second-order valence-corrected chi connectivity index (χ2v) is 8.98. The predicted octanol–water partition coefficient (Wildman–Crippen LogP) is 3.29. The number of halogens is 3. The fourth-order valence-electron chi connectivity index (χ4n) is 4.73. The zero-order chi connectivity index (χ0) is 24.2. The second-order valence-electron chi connectivity index (χ2n) is 8.98. The van der Waals surface area contributed by atoms with Gasteiger partial charge < -0.3 is 10.5 Å². The number of alkyl halides is 3. The van der Waals surface area contributed by atoms with Crippen molar-refractivity contribution in [3.63, 3.8) is 0 Å². The highest BCUT2D eigenvalue weighted by Gasteiger charge is 2.32. The Morgan fingerprint density at radius 1 is 0.971 bits per heavy atom. The summed E-state index contributed by atoms with van der Waals surface area (Å²) >= 11 is 0.